The predicted molar refractivity (Wildman–Crippen MR) is 160 cm³/mol. The lowest BCUT2D eigenvalue weighted by atomic mass is 9.95. The first-order valence-electron chi connectivity index (χ1n) is 15.1. The monoisotopic (exact) mass is 562 g/mol. The van der Waals surface area contributed by atoms with Gasteiger partial charge in [-0.3, -0.25) is 24.4 Å². The van der Waals surface area contributed by atoms with E-state index in [4.69, 9.17) is 4.98 Å². The molecule has 222 valence electrons. The molecule has 0 spiro atoms. The lowest BCUT2D eigenvalue weighted by molar-refractivity contribution is -0.132. The fourth-order valence-corrected chi connectivity index (χ4v) is 6.02. The summed E-state index contributed by atoms with van der Waals surface area (Å²) in [6, 6.07) is 7.95. The molecule has 0 radical (unpaired) electrons. The van der Waals surface area contributed by atoms with Gasteiger partial charge in [0.2, 0.25) is 17.7 Å². The molecule has 9 heteroatoms. The highest BCUT2D eigenvalue weighted by Crippen LogP contribution is 2.26. The number of aromatic nitrogens is 2. The van der Waals surface area contributed by atoms with Crippen LogP contribution < -0.4 is 4.90 Å². The number of piperidine rings is 1. The van der Waals surface area contributed by atoms with Crippen LogP contribution in [0.2, 0.25) is 0 Å². The van der Waals surface area contributed by atoms with Gasteiger partial charge in [0.25, 0.3) is 0 Å². The first-order valence-corrected chi connectivity index (χ1v) is 15.1. The molecule has 2 aliphatic rings. The van der Waals surface area contributed by atoms with Crippen molar-refractivity contribution >= 4 is 23.4 Å². The van der Waals surface area contributed by atoms with Crippen LogP contribution in [-0.2, 0) is 27.3 Å². The number of hydrogen-bond donors (Lipinski definition) is 0. The Bertz CT molecular complexity index is 1200. The number of para-hydroxylation sites is 1. The van der Waals surface area contributed by atoms with E-state index in [0.29, 0.717) is 44.9 Å². The minimum atomic E-state index is 0.0211. The molecule has 0 bridgehead atoms. The molecule has 1 aromatic heterocycles. The third kappa shape index (κ3) is 8.58. The van der Waals surface area contributed by atoms with Gasteiger partial charge in [0.1, 0.15) is 0 Å². The SMILES string of the molecule is CC(=O)N1CCCC(c2cncc(CCC(=O)N3CCN(CC(C)C)CCCN(C(C)=O)c4ccccc4C3)n2)C1. The highest BCUT2D eigenvalue weighted by atomic mass is 16.2. The number of carbonyl (C=O) groups is 3. The second-order valence-electron chi connectivity index (χ2n) is 11.9. The first-order chi connectivity index (χ1) is 19.7. The molecule has 4 rings (SSSR count). The van der Waals surface area contributed by atoms with E-state index in [2.05, 4.69) is 23.7 Å². The van der Waals surface area contributed by atoms with Crippen LogP contribution in [0.15, 0.2) is 36.7 Å². The molecule has 0 aliphatic carbocycles. The maximum absolute atomic E-state index is 13.7. The summed E-state index contributed by atoms with van der Waals surface area (Å²) < 4.78 is 0. The van der Waals surface area contributed by atoms with Crippen LogP contribution >= 0.6 is 0 Å². The summed E-state index contributed by atoms with van der Waals surface area (Å²) in [4.78, 5) is 55.7. The standard InChI is InChI=1S/C32H46N6O3/c1-24(2)21-35-14-8-16-38(26(4)40)31-11-6-5-9-28(31)23-37(18-17-35)32(41)13-12-29-19-33-20-30(34-29)27-10-7-15-36(22-27)25(3)39/h5-6,9,11,19-20,24,27H,7-8,10,12-18,21-23H2,1-4H3. The Labute approximate surface area is 244 Å². The highest BCUT2D eigenvalue weighted by molar-refractivity contribution is 5.92. The smallest absolute Gasteiger partial charge is 0.223 e. The summed E-state index contributed by atoms with van der Waals surface area (Å²) in [5.74, 6) is 0.885. The largest absolute Gasteiger partial charge is 0.342 e. The molecular weight excluding hydrogens is 516 g/mol. The highest BCUT2D eigenvalue weighted by Gasteiger charge is 2.25. The summed E-state index contributed by atoms with van der Waals surface area (Å²) in [5.41, 5.74) is 3.58. The van der Waals surface area contributed by atoms with Gasteiger partial charge in [0.15, 0.2) is 0 Å². The number of nitrogens with zero attached hydrogens (tertiary/aromatic N) is 6. The van der Waals surface area contributed by atoms with Crippen molar-refractivity contribution < 1.29 is 14.4 Å². The summed E-state index contributed by atoms with van der Waals surface area (Å²) in [5, 5.41) is 0. The fraction of sp³-hybridized carbons (Fsp3) is 0.594. The molecule has 1 fully saturated rings. The maximum Gasteiger partial charge on any atom is 0.223 e. The third-order valence-corrected chi connectivity index (χ3v) is 8.13. The molecule has 1 atom stereocenters. The Kier molecular flexibility index (Phi) is 10.9. The zero-order chi connectivity index (χ0) is 29.4. The Morgan fingerprint density at radius 2 is 1.73 bits per heavy atom. The van der Waals surface area contributed by atoms with Crippen LogP contribution in [0.4, 0.5) is 5.69 Å². The van der Waals surface area contributed by atoms with E-state index in [1.54, 1.807) is 26.2 Å². The van der Waals surface area contributed by atoms with Crippen molar-refractivity contribution in [1.29, 1.82) is 0 Å². The summed E-state index contributed by atoms with van der Waals surface area (Å²) in [6.45, 7) is 13.5. The number of amides is 3. The van der Waals surface area contributed by atoms with E-state index in [9.17, 15) is 14.4 Å². The lowest BCUT2D eigenvalue weighted by Crippen LogP contribution is -2.40. The van der Waals surface area contributed by atoms with Crippen LogP contribution in [-0.4, -0.2) is 88.2 Å². The molecular formula is C32H46N6O3. The molecule has 0 N–H and O–H groups in total. The zero-order valence-electron chi connectivity index (χ0n) is 25.2. The molecule has 3 heterocycles. The Balaban J connectivity index is 1.49. The number of benzene rings is 1. The van der Waals surface area contributed by atoms with Crippen molar-refractivity contribution in [2.45, 2.75) is 72.3 Å². The van der Waals surface area contributed by atoms with E-state index in [1.165, 1.54) is 0 Å². The molecule has 0 saturated carbocycles. The molecule has 1 aromatic carbocycles. The summed E-state index contributed by atoms with van der Waals surface area (Å²) >= 11 is 0. The van der Waals surface area contributed by atoms with Gasteiger partial charge in [-0.2, -0.15) is 0 Å². The van der Waals surface area contributed by atoms with Crippen molar-refractivity contribution in [3.63, 3.8) is 0 Å². The minimum absolute atomic E-state index is 0.0211. The average Bonchev–Trinajstić information content (AvgIpc) is 2.99. The Morgan fingerprint density at radius 3 is 2.49 bits per heavy atom. The molecule has 9 nitrogen and oxygen atoms in total. The first kappa shape index (κ1) is 30.6. The minimum Gasteiger partial charge on any atom is -0.342 e. The van der Waals surface area contributed by atoms with Gasteiger partial charge in [-0.05, 0) is 49.8 Å². The number of carbonyl (C=O) groups excluding carboxylic acids is 3. The second-order valence-corrected chi connectivity index (χ2v) is 11.9. The van der Waals surface area contributed by atoms with Gasteiger partial charge < -0.3 is 19.6 Å². The van der Waals surface area contributed by atoms with Crippen LogP contribution in [0.5, 0.6) is 0 Å². The number of anilines is 1. The van der Waals surface area contributed by atoms with Gasteiger partial charge in [-0.25, -0.2) is 0 Å². The molecule has 2 aliphatic heterocycles. The number of aryl methyl sites for hydroxylation is 1. The van der Waals surface area contributed by atoms with Crippen molar-refractivity contribution in [1.82, 2.24) is 24.7 Å². The van der Waals surface area contributed by atoms with Crippen molar-refractivity contribution in [2.24, 2.45) is 5.92 Å². The van der Waals surface area contributed by atoms with Crippen LogP contribution in [0.1, 0.15) is 76.2 Å². The van der Waals surface area contributed by atoms with E-state index >= 15 is 0 Å². The molecule has 41 heavy (non-hydrogen) atoms. The third-order valence-electron chi connectivity index (χ3n) is 8.13. The number of rotatable bonds is 6. The van der Waals surface area contributed by atoms with Crippen LogP contribution in [0.25, 0.3) is 0 Å². The van der Waals surface area contributed by atoms with E-state index in [-0.39, 0.29) is 23.6 Å². The second kappa shape index (κ2) is 14.5. The topological polar surface area (TPSA) is 90.0 Å². The fourth-order valence-electron chi connectivity index (χ4n) is 6.02. The van der Waals surface area contributed by atoms with E-state index in [1.807, 2.05) is 39.0 Å². The van der Waals surface area contributed by atoms with E-state index < -0.39 is 0 Å². The van der Waals surface area contributed by atoms with E-state index in [0.717, 1.165) is 68.1 Å². The van der Waals surface area contributed by atoms with Crippen LogP contribution in [0, 0.1) is 5.92 Å². The predicted octanol–water partition coefficient (Wildman–Crippen LogP) is 3.88. The zero-order valence-corrected chi connectivity index (χ0v) is 25.2. The van der Waals surface area contributed by atoms with Crippen molar-refractivity contribution in [3.05, 3.63) is 53.6 Å². The van der Waals surface area contributed by atoms with Gasteiger partial charge in [-0.1, -0.05) is 32.0 Å². The molecule has 1 unspecified atom stereocenters. The normalized spacial score (nSPS) is 19.0. The summed E-state index contributed by atoms with van der Waals surface area (Å²) in [7, 11) is 0. The summed E-state index contributed by atoms with van der Waals surface area (Å²) in [6.07, 6.45) is 7.22. The van der Waals surface area contributed by atoms with Gasteiger partial charge >= 0.3 is 0 Å². The molecule has 3 amide bonds. The molecule has 2 aromatic rings. The average molecular weight is 563 g/mol. The number of fused-ring (bicyclic) bond motifs is 1. The lowest BCUT2D eigenvalue weighted by Gasteiger charge is -2.31. The quantitative estimate of drug-likeness (QED) is 0.531. The Morgan fingerprint density at radius 1 is 0.927 bits per heavy atom. The van der Waals surface area contributed by atoms with Crippen molar-refractivity contribution in [2.75, 3.05) is 50.7 Å². The van der Waals surface area contributed by atoms with Crippen LogP contribution in [0.3, 0.4) is 0 Å². The van der Waals surface area contributed by atoms with Crippen molar-refractivity contribution in [3.8, 4) is 0 Å². The van der Waals surface area contributed by atoms with Gasteiger partial charge in [-0.15, -0.1) is 0 Å². The molecule has 1 saturated heterocycles. The number of hydrogen-bond acceptors (Lipinski definition) is 6. The van der Waals surface area contributed by atoms with Gasteiger partial charge in [0, 0.05) is 90.1 Å². The number of likely N-dealkylation sites (tertiary alicyclic amines) is 1. The Hall–Kier alpha value is -3.33. The maximum atomic E-state index is 13.7. The van der Waals surface area contributed by atoms with Gasteiger partial charge in [0.05, 0.1) is 11.4 Å².